The average Bonchev–Trinajstić information content (AvgIpc) is 2.81. The molecule has 0 unspecified atom stereocenters. The van der Waals surface area contributed by atoms with E-state index in [2.05, 4.69) is 10.0 Å². The molecule has 0 bridgehead atoms. The maximum atomic E-state index is 12.1. The number of para-hydroxylation sites is 1. The third-order valence-corrected chi connectivity index (χ3v) is 4.30. The average molecular weight is 271 g/mol. The van der Waals surface area contributed by atoms with E-state index in [0.29, 0.717) is 13.0 Å². The lowest BCUT2D eigenvalue weighted by atomic mass is 10.3. The first-order valence-electron chi connectivity index (χ1n) is 5.47. The van der Waals surface area contributed by atoms with Crippen molar-refractivity contribution in [2.24, 2.45) is 0 Å². The first-order chi connectivity index (χ1) is 8.50. The van der Waals surface area contributed by atoms with Gasteiger partial charge >= 0.3 is 0 Å². The molecule has 18 heavy (non-hydrogen) atoms. The molecule has 0 aromatic heterocycles. The van der Waals surface area contributed by atoms with Crippen molar-refractivity contribution in [3.63, 3.8) is 0 Å². The van der Waals surface area contributed by atoms with Gasteiger partial charge in [-0.1, -0.05) is 12.1 Å². The molecule has 2 N–H and O–H groups in total. The maximum Gasteiger partial charge on any atom is 0.289 e. The summed E-state index contributed by atoms with van der Waals surface area (Å²) in [7, 11) is -3.85. The fourth-order valence-corrected chi connectivity index (χ4v) is 3.32. The van der Waals surface area contributed by atoms with Gasteiger partial charge in [0.05, 0.1) is 4.92 Å². The van der Waals surface area contributed by atoms with E-state index in [-0.39, 0.29) is 10.9 Å². The van der Waals surface area contributed by atoms with Gasteiger partial charge in [-0.15, -0.1) is 0 Å². The Hall–Kier alpha value is -1.51. The van der Waals surface area contributed by atoms with Gasteiger partial charge in [-0.05, 0) is 19.0 Å². The molecule has 0 aliphatic carbocycles. The molecule has 2 rings (SSSR count). The van der Waals surface area contributed by atoms with Crippen molar-refractivity contribution in [3.8, 4) is 0 Å². The minimum absolute atomic E-state index is 0.213. The zero-order chi connectivity index (χ0) is 13.2. The third-order valence-electron chi connectivity index (χ3n) is 2.73. The number of nitrogens with one attached hydrogen (secondary N) is 2. The van der Waals surface area contributed by atoms with Crippen LogP contribution in [0, 0.1) is 10.1 Å². The summed E-state index contributed by atoms with van der Waals surface area (Å²) in [5, 5.41) is 13.8. The number of nitro benzene ring substituents is 1. The first kappa shape index (κ1) is 12.9. The predicted molar refractivity (Wildman–Crippen MR) is 64.7 cm³/mol. The molecular formula is C10H13N3O4S. The van der Waals surface area contributed by atoms with Crippen LogP contribution in [0.25, 0.3) is 0 Å². The standard InChI is InChI=1S/C10H13N3O4S/c14-13(15)9-3-1-2-4-10(9)18(16,17)12-8-5-6-11-7-8/h1-4,8,11-12H,5-7H2/t8-/m0/s1. The van der Waals surface area contributed by atoms with E-state index in [0.717, 1.165) is 6.54 Å². The van der Waals surface area contributed by atoms with Crippen LogP contribution >= 0.6 is 0 Å². The molecule has 0 saturated carbocycles. The number of sulfonamides is 1. The Bertz CT molecular complexity index is 552. The lowest BCUT2D eigenvalue weighted by molar-refractivity contribution is -0.387. The Morgan fingerprint density at radius 2 is 2.11 bits per heavy atom. The predicted octanol–water partition coefficient (Wildman–Crippen LogP) is 0.235. The van der Waals surface area contributed by atoms with E-state index >= 15 is 0 Å². The minimum Gasteiger partial charge on any atom is -0.315 e. The lowest BCUT2D eigenvalue weighted by Gasteiger charge is -2.11. The van der Waals surface area contributed by atoms with Crippen LogP contribution in [0.15, 0.2) is 29.2 Å². The Labute approximate surface area is 104 Å². The summed E-state index contributed by atoms with van der Waals surface area (Å²) in [6, 6.07) is 5.11. The molecule has 7 nitrogen and oxygen atoms in total. The van der Waals surface area contributed by atoms with Gasteiger partial charge in [-0.2, -0.15) is 0 Å². The maximum absolute atomic E-state index is 12.1. The Morgan fingerprint density at radius 3 is 2.72 bits per heavy atom. The Balaban J connectivity index is 2.31. The zero-order valence-corrected chi connectivity index (χ0v) is 10.3. The second-order valence-corrected chi connectivity index (χ2v) is 5.72. The summed E-state index contributed by atoms with van der Waals surface area (Å²) in [4.78, 5) is 9.82. The first-order valence-corrected chi connectivity index (χ1v) is 6.95. The van der Waals surface area contributed by atoms with Crippen molar-refractivity contribution in [1.29, 1.82) is 0 Å². The van der Waals surface area contributed by atoms with Crippen LogP contribution in [0.3, 0.4) is 0 Å². The summed E-state index contributed by atoms with van der Waals surface area (Å²) in [6.45, 7) is 1.28. The SMILES string of the molecule is O=[N+]([O-])c1ccccc1S(=O)(=O)N[C@H]1CCNC1. The van der Waals surface area contributed by atoms with E-state index < -0.39 is 20.6 Å². The highest BCUT2D eigenvalue weighted by Crippen LogP contribution is 2.23. The fraction of sp³-hybridized carbons (Fsp3) is 0.400. The van der Waals surface area contributed by atoms with E-state index in [1.807, 2.05) is 0 Å². The van der Waals surface area contributed by atoms with Crippen LogP contribution in [-0.4, -0.2) is 32.5 Å². The van der Waals surface area contributed by atoms with Crippen LogP contribution in [-0.2, 0) is 10.0 Å². The van der Waals surface area contributed by atoms with Gasteiger partial charge in [0.25, 0.3) is 5.69 Å². The number of rotatable bonds is 4. The van der Waals surface area contributed by atoms with Crippen LogP contribution < -0.4 is 10.0 Å². The second-order valence-electron chi connectivity index (χ2n) is 4.04. The molecule has 0 amide bonds. The number of benzene rings is 1. The van der Waals surface area contributed by atoms with E-state index in [1.165, 1.54) is 24.3 Å². The van der Waals surface area contributed by atoms with Gasteiger partial charge in [0, 0.05) is 18.7 Å². The quantitative estimate of drug-likeness (QED) is 0.603. The molecule has 1 atom stereocenters. The van der Waals surface area contributed by atoms with E-state index in [9.17, 15) is 18.5 Å². The van der Waals surface area contributed by atoms with Crippen LogP contribution in [0.1, 0.15) is 6.42 Å². The molecule has 1 aliphatic rings. The van der Waals surface area contributed by atoms with Crippen molar-refractivity contribution >= 4 is 15.7 Å². The zero-order valence-electron chi connectivity index (χ0n) is 9.50. The molecular weight excluding hydrogens is 258 g/mol. The summed E-state index contributed by atoms with van der Waals surface area (Å²) in [5.74, 6) is 0. The van der Waals surface area contributed by atoms with Crippen molar-refractivity contribution in [2.45, 2.75) is 17.4 Å². The van der Waals surface area contributed by atoms with Gasteiger partial charge in [-0.3, -0.25) is 10.1 Å². The topological polar surface area (TPSA) is 101 Å². The highest BCUT2D eigenvalue weighted by molar-refractivity contribution is 7.89. The lowest BCUT2D eigenvalue weighted by Crippen LogP contribution is -2.36. The summed E-state index contributed by atoms with van der Waals surface area (Å²) >= 11 is 0. The molecule has 8 heteroatoms. The van der Waals surface area contributed by atoms with Crippen molar-refractivity contribution in [2.75, 3.05) is 13.1 Å². The van der Waals surface area contributed by atoms with E-state index in [1.54, 1.807) is 0 Å². The molecule has 0 radical (unpaired) electrons. The highest BCUT2D eigenvalue weighted by atomic mass is 32.2. The molecule has 1 aliphatic heterocycles. The number of nitrogens with zero attached hydrogens (tertiary/aromatic N) is 1. The van der Waals surface area contributed by atoms with Crippen LogP contribution in [0.4, 0.5) is 5.69 Å². The molecule has 1 fully saturated rings. The molecule has 1 heterocycles. The van der Waals surface area contributed by atoms with Gasteiger partial charge in [0.2, 0.25) is 10.0 Å². The summed E-state index contributed by atoms with van der Waals surface area (Å²) in [5.41, 5.74) is -0.407. The van der Waals surface area contributed by atoms with Gasteiger partial charge in [0.15, 0.2) is 4.90 Å². The van der Waals surface area contributed by atoms with Gasteiger partial charge in [0.1, 0.15) is 0 Å². The number of nitro groups is 1. The van der Waals surface area contributed by atoms with Crippen LogP contribution in [0.2, 0.25) is 0 Å². The Kier molecular flexibility index (Phi) is 3.60. The molecule has 1 saturated heterocycles. The Morgan fingerprint density at radius 1 is 1.39 bits per heavy atom. The molecule has 1 aromatic carbocycles. The summed E-state index contributed by atoms with van der Waals surface area (Å²) in [6.07, 6.45) is 0.680. The van der Waals surface area contributed by atoms with Gasteiger partial charge in [-0.25, -0.2) is 13.1 Å². The molecule has 0 spiro atoms. The third kappa shape index (κ3) is 2.66. The molecule has 98 valence electrons. The smallest absolute Gasteiger partial charge is 0.289 e. The largest absolute Gasteiger partial charge is 0.315 e. The summed E-state index contributed by atoms with van der Waals surface area (Å²) < 4.78 is 26.6. The van der Waals surface area contributed by atoms with Crippen molar-refractivity contribution in [3.05, 3.63) is 34.4 Å². The minimum atomic E-state index is -3.85. The van der Waals surface area contributed by atoms with Crippen LogP contribution in [0.5, 0.6) is 0 Å². The monoisotopic (exact) mass is 271 g/mol. The fourth-order valence-electron chi connectivity index (χ4n) is 1.87. The van der Waals surface area contributed by atoms with Gasteiger partial charge < -0.3 is 5.32 Å². The normalized spacial score (nSPS) is 19.9. The highest BCUT2D eigenvalue weighted by Gasteiger charge is 2.28. The van der Waals surface area contributed by atoms with Crippen molar-refractivity contribution < 1.29 is 13.3 Å². The number of hydrogen-bond donors (Lipinski definition) is 2. The van der Waals surface area contributed by atoms with Crippen molar-refractivity contribution in [1.82, 2.24) is 10.0 Å². The molecule has 1 aromatic rings. The number of hydrogen-bond acceptors (Lipinski definition) is 5. The second kappa shape index (κ2) is 5.01. The van der Waals surface area contributed by atoms with E-state index in [4.69, 9.17) is 0 Å².